The van der Waals surface area contributed by atoms with E-state index >= 15 is 0 Å². The quantitative estimate of drug-likeness (QED) is 0.855. The first-order valence-electron chi connectivity index (χ1n) is 6.91. The third-order valence-electron chi connectivity index (χ3n) is 4.19. The van der Waals surface area contributed by atoms with Gasteiger partial charge in [0.25, 0.3) is 0 Å². The minimum Gasteiger partial charge on any atom is -0.487 e. The number of nitrogens with one attached hydrogen (secondary N) is 1. The number of aliphatic hydroxyl groups excluding tert-OH is 1. The molecule has 0 saturated heterocycles. The minimum absolute atomic E-state index is 0.0531. The maximum atomic E-state index is 11.5. The van der Waals surface area contributed by atoms with Gasteiger partial charge in [0, 0.05) is 12.0 Å². The molecule has 1 aliphatic heterocycles. The number of hydrogen-bond donors (Lipinski definition) is 2. The standard InChI is InChI=1S/C15H19NO3/c17-10-14(18)16-12-9-15(7-3-4-8-15)19-13-6-2-1-5-11(12)13/h1-2,5-6,12,17H,3-4,7-10H2,(H,16,18). The predicted octanol–water partition coefficient (Wildman–Crippen LogP) is 1.93. The van der Waals surface area contributed by atoms with Gasteiger partial charge in [0.15, 0.2) is 0 Å². The maximum absolute atomic E-state index is 11.5. The van der Waals surface area contributed by atoms with E-state index in [2.05, 4.69) is 5.32 Å². The molecule has 1 fully saturated rings. The normalized spacial score (nSPS) is 23.7. The van der Waals surface area contributed by atoms with Gasteiger partial charge in [-0.25, -0.2) is 0 Å². The van der Waals surface area contributed by atoms with Crippen LogP contribution in [0.25, 0.3) is 0 Å². The van der Waals surface area contributed by atoms with Gasteiger partial charge in [0.2, 0.25) is 5.91 Å². The zero-order chi connectivity index (χ0) is 13.3. The van der Waals surface area contributed by atoms with Crippen molar-refractivity contribution in [2.45, 2.75) is 43.7 Å². The molecule has 0 aromatic heterocycles. The van der Waals surface area contributed by atoms with Gasteiger partial charge in [-0.05, 0) is 31.7 Å². The lowest BCUT2D eigenvalue weighted by molar-refractivity contribution is -0.125. The van der Waals surface area contributed by atoms with E-state index in [1.807, 2.05) is 24.3 Å². The summed E-state index contributed by atoms with van der Waals surface area (Å²) >= 11 is 0. The van der Waals surface area contributed by atoms with Gasteiger partial charge in [0.05, 0.1) is 6.04 Å². The molecule has 1 amide bonds. The summed E-state index contributed by atoms with van der Waals surface area (Å²) in [4.78, 5) is 11.5. The number of rotatable bonds is 2. The average molecular weight is 261 g/mol. The fourth-order valence-corrected chi connectivity index (χ4v) is 3.31. The van der Waals surface area contributed by atoms with Crippen LogP contribution in [0.1, 0.15) is 43.7 Å². The molecule has 1 unspecified atom stereocenters. The number of amides is 1. The van der Waals surface area contributed by atoms with Gasteiger partial charge in [-0.2, -0.15) is 0 Å². The molecule has 1 aromatic carbocycles. The molecule has 2 N–H and O–H groups in total. The van der Waals surface area contributed by atoms with Crippen molar-refractivity contribution >= 4 is 5.91 Å². The average Bonchev–Trinajstić information content (AvgIpc) is 2.86. The summed E-state index contributed by atoms with van der Waals surface area (Å²) in [5.74, 6) is 0.550. The van der Waals surface area contributed by atoms with Crippen LogP contribution in [-0.2, 0) is 4.79 Å². The Balaban J connectivity index is 1.91. The summed E-state index contributed by atoms with van der Waals surface area (Å²) in [6, 6.07) is 7.80. The third kappa shape index (κ3) is 2.32. The first-order chi connectivity index (χ1) is 9.22. The summed E-state index contributed by atoms with van der Waals surface area (Å²) < 4.78 is 6.21. The Kier molecular flexibility index (Phi) is 3.19. The lowest BCUT2D eigenvalue weighted by Crippen LogP contribution is -2.44. The molecule has 3 rings (SSSR count). The van der Waals surface area contributed by atoms with Gasteiger partial charge in [-0.15, -0.1) is 0 Å². The second kappa shape index (κ2) is 4.85. The number of benzene rings is 1. The third-order valence-corrected chi connectivity index (χ3v) is 4.19. The number of carbonyl (C=O) groups is 1. The van der Waals surface area contributed by atoms with E-state index < -0.39 is 6.61 Å². The van der Waals surface area contributed by atoms with Crippen molar-refractivity contribution in [2.75, 3.05) is 6.61 Å². The van der Waals surface area contributed by atoms with Crippen LogP contribution in [-0.4, -0.2) is 23.2 Å². The van der Waals surface area contributed by atoms with Crippen LogP contribution < -0.4 is 10.1 Å². The Bertz CT molecular complexity index is 480. The van der Waals surface area contributed by atoms with E-state index in [1.54, 1.807) is 0 Å². The van der Waals surface area contributed by atoms with Crippen molar-refractivity contribution in [3.8, 4) is 5.75 Å². The fraction of sp³-hybridized carbons (Fsp3) is 0.533. The molecule has 19 heavy (non-hydrogen) atoms. The van der Waals surface area contributed by atoms with Crippen LogP contribution in [0, 0.1) is 0 Å². The topological polar surface area (TPSA) is 58.6 Å². The summed E-state index contributed by atoms with van der Waals surface area (Å²) in [5.41, 5.74) is 0.892. The number of carbonyl (C=O) groups excluding carboxylic acids is 1. The van der Waals surface area contributed by atoms with E-state index in [0.29, 0.717) is 0 Å². The molecule has 102 valence electrons. The van der Waals surface area contributed by atoms with Gasteiger partial charge < -0.3 is 15.2 Å². The van der Waals surface area contributed by atoms with Crippen molar-refractivity contribution in [1.29, 1.82) is 0 Å². The Morgan fingerprint density at radius 1 is 1.37 bits per heavy atom. The largest absolute Gasteiger partial charge is 0.487 e. The van der Waals surface area contributed by atoms with Crippen molar-refractivity contribution in [3.05, 3.63) is 29.8 Å². The van der Waals surface area contributed by atoms with Crippen LogP contribution in [0.15, 0.2) is 24.3 Å². The van der Waals surface area contributed by atoms with Gasteiger partial charge in [0.1, 0.15) is 18.0 Å². The number of aliphatic hydroxyl groups is 1. The molecule has 0 bridgehead atoms. The van der Waals surface area contributed by atoms with Crippen LogP contribution in [0.3, 0.4) is 0 Å². The number of ether oxygens (including phenoxy) is 1. The van der Waals surface area contributed by atoms with Gasteiger partial charge >= 0.3 is 0 Å². The minimum atomic E-state index is -0.466. The van der Waals surface area contributed by atoms with E-state index in [9.17, 15) is 4.79 Å². The second-order valence-electron chi connectivity index (χ2n) is 5.51. The van der Waals surface area contributed by atoms with E-state index in [0.717, 1.165) is 30.6 Å². The highest BCUT2D eigenvalue weighted by Crippen LogP contribution is 2.46. The molecule has 0 radical (unpaired) electrons. The predicted molar refractivity (Wildman–Crippen MR) is 70.9 cm³/mol. The van der Waals surface area contributed by atoms with Crippen molar-refractivity contribution in [1.82, 2.24) is 5.32 Å². The van der Waals surface area contributed by atoms with Gasteiger partial charge in [-0.3, -0.25) is 4.79 Å². The molecule has 4 nitrogen and oxygen atoms in total. The molecule has 1 aliphatic carbocycles. The van der Waals surface area contributed by atoms with Crippen molar-refractivity contribution in [3.63, 3.8) is 0 Å². The highest BCUT2D eigenvalue weighted by molar-refractivity contribution is 5.77. The number of fused-ring (bicyclic) bond motifs is 1. The molecule has 1 aromatic rings. The number of para-hydroxylation sites is 1. The van der Waals surface area contributed by atoms with Crippen LogP contribution in [0.5, 0.6) is 5.75 Å². The highest BCUT2D eigenvalue weighted by atomic mass is 16.5. The second-order valence-corrected chi connectivity index (χ2v) is 5.51. The fourth-order valence-electron chi connectivity index (χ4n) is 3.31. The van der Waals surface area contributed by atoms with Crippen LogP contribution in [0.2, 0.25) is 0 Å². The zero-order valence-electron chi connectivity index (χ0n) is 10.9. The van der Waals surface area contributed by atoms with Crippen LogP contribution in [0.4, 0.5) is 0 Å². The Morgan fingerprint density at radius 2 is 2.11 bits per heavy atom. The molecule has 4 heteroatoms. The summed E-state index contributed by atoms with van der Waals surface area (Å²) in [7, 11) is 0. The van der Waals surface area contributed by atoms with E-state index in [-0.39, 0.29) is 17.6 Å². The summed E-state index contributed by atoms with van der Waals surface area (Å²) in [6.07, 6.45) is 5.26. The van der Waals surface area contributed by atoms with E-state index in [4.69, 9.17) is 9.84 Å². The summed E-state index contributed by atoms with van der Waals surface area (Å²) in [5, 5.41) is 11.8. The summed E-state index contributed by atoms with van der Waals surface area (Å²) in [6.45, 7) is -0.466. The molecule has 2 aliphatic rings. The molecular weight excluding hydrogens is 242 g/mol. The molecule has 1 saturated carbocycles. The lowest BCUT2D eigenvalue weighted by atomic mass is 9.86. The monoisotopic (exact) mass is 261 g/mol. The highest BCUT2D eigenvalue weighted by Gasteiger charge is 2.43. The van der Waals surface area contributed by atoms with Crippen molar-refractivity contribution in [2.24, 2.45) is 0 Å². The molecule has 1 heterocycles. The van der Waals surface area contributed by atoms with Crippen LogP contribution >= 0.6 is 0 Å². The first kappa shape index (κ1) is 12.5. The Labute approximate surface area is 112 Å². The first-order valence-corrected chi connectivity index (χ1v) is 6.91. The molecule has 1 spiro atoms. The zero-order valence-corrected chi connectivity index (χ0v) is 10.9. The Morgan fingerprint density at radius 3 is 2.84 bits per heavy atom. The Hall–Kier alpha value is -1.55. The van der Waals surface area contributed by atoms with Crippen molar-refractivity contribution < 1.29 is 14.6 Å². The maximum Gasteiger partial charge on any atom is 0.246 e. The smallest absolute Gasteiger partial charge is 0.246 e. The van der Waals surface area contributed by atoms with E-state index in [1.165, 1.54) is 12.8 Å². The number of hydrogen-bond acceptors (Lipinski definition) is 3. The molecule has 1 atom stereocenters. The van der Waals surface area contributed by atoms with Gasteiger partial charge in [-0.1, -0.05) is 18.2 Å². The lowest BCUT2D eigenvalue weighted by Gasteiger charge is -2.40. The molecular formula is C15H19NO3. The SMILES string of the molecule is O=C(CO)NC1CC2(CCCC2)Oc2ccccc21.